The Morgan fingerprint density at radius 2 is 1.31 bits per heavy atom. The molecule has 0 aromatic rings. The maximum Gasteiger partial charge on any atom is 0.0563 e. The average Bonchev–Trinajstić information content (AvgIpc) is 3.54. The van der Waals surface area contributed by atoms with Gasteiger partial charge in [-0.05, 0) is 126 Å². The molecule has 0 saturated heterocycles. The highest BCUT2D eigenvalue weighted by atomic mass is 32.2. The molecule has 4 fully saturated rings. The maximum atomic E-state index is 2.89. The second kappa shape index (κ2) is 9.50. The molecule has 6 aliphatic rings. The van der Waals surface area contributed by atoms with Crippen LogP contribution in [0.3, 0.4) is 0 Å². The van der Waals surface area contributed by atoms with E-state index in [1.807, 2.05) is 0 Å². The van der Waals surface area contributed by atoms with E-state index in [1.165, 1.54) is 32.1 Å². The molecule has 0 nitrogen and oxygen atoms in total. The molecule has 4 aliphatic carbocycles. The molecule has 6 rings (SSSR count). The van der Waals surface area contributed by atoms with Crippen molar-refractivity contribution in [3.8, 4) is 0 Å². The molecule has 9 atom stereocenters. The van der Waals surface area contributed by atoms with Crippen molar-refractivity contribution in [1.82, 2.24) is 0 Å². The van der Waals surface area contributed by atoms with E-state index < -0.39 is 8.07 Å². The Morgan fingerprint density at radius 1 is 0.750 bits per heavy atom. The van der Waals surface area contributed by atoms with Gasteiger partial charge in [0, 0.05) is 10.5 Å². The first kappa shape index (κ1) is 26.6. The van der Waals surface area contributed by atoms with Crippen LogP contribution < -0.4 is 0 Å². The first-order valence-corrected chi connectivity index (χ1v) is 20.6. The Kier molecular flexibility index (Phi) is 7.02. The minimum absolute atomic E-state index is 0.511. The van der Waals surface area contributed by atoms with Gasteiger partial charge in [-0.2, -0.15) is 0 Å². The quantitative estimate of drug-likeness (QED) is 0.325. The molecule has 2 heterocycles. The van der Waals surface area contributed by atoms with Crippen molar-refractivity contribution in [3.63, 3.8) is 0 Å². The summed E-state index contributed by atoms with van der Waals surface area (Å²) in [6.07, 6.45) is 17.7. The van der Waals surface area contributed by atoms with Crippen LogP contribution in [0.5, 0.6) is 0 Å². The zero-order valence-corrected chi connectivity index (χ0v) is 27.2. The highest BCUT2D eigenvalue weighted by molar-refractivity contribution is 8.05. The number of rotatable bonds is 3. The summed E-state index contributed by atoms with van der Waals surface area (Å²) in [7, 11) is -1.44. The second-order valence-corrected chi connectivity index (χ2v) is 23.7. The van der Waals surface area contributed by atoms with Crippen molar-refractivity contribution in [3.05, 3.63) is 22.0 Å². The van der Waals surface area contributed by atoms with Gasteiger partial charge in [-0.15, -0.1) is 23.5 Å². The first-order chi connectivity index (χ1) is 17.0. The fourth-order valence-corrected chi connectivity index (χ4v) is 21.6. The zero-order chi connectivity index (χ0) is 25.6. The Labute approximate surface area is 233 Å². The fraction of sp³-hybridized carbons (Fsp3) is 0.879. The molecule has 0 amide bonds. The molecular formula is C33H54S2Si. The van der Waals surface area contributed by atoms with Gasteiger partial charge < -0.3 is 0 Å². The van der Waals surface area contributed by atoms with Gasteiger partial charge in [0.2, 0.25) is 0 Å². The largest absolute Gasteiger partial charge is 0.127 e. The monoisotopic (exact) mass is 542 g/mol. The van der Waals surface area contributed by atoms with Crippen molar-refractivity contribution < 1.29 is 0 Å². The van der Waals surface area contributed by atoms with Gasteiger partial charge in [-0.25, -0.2) is 0 Å². The Hall–Kier alpha value is 0.397. The molecule has 2 aliphatic heterocycles. The minimum Gasteiger partial charge on any atom is -0.127 e. The number of hydrogen-bond acceptors (Lipinski definition) is 2. The zero-order valence-electron chi connectivity index (χ0n) is 24.6. The lowest BCUT2D eigenvalue weighted by atomic mass is 9.60. The molecule has 3 heteroatoms. The lowest BCUT2D eigenvalue weighted by Gasteiger charge is -2.50. The molecule has 0 bridgehead atoms. The third kappa shape index (κ3) is 4.31. The topological polar surface area (TPSA) is 0 Å². The Morgan fingerprint density at radius 3 is 1.86 bits per heavy atom. The SMILES string of the molecule is CC1=CC2C3C=C(C)SC3C([Si](C)(C)C3CCC4C(C5CCC(C(C)(C)C)CC5)CCC(C)C43)C2S1. The maximum absolute atomic E-state index is 2.89. The summed E-state index contributed by atoms with van der Waals surface area (Å²) >= 11 is 4.59. The lowest BCUT2D eigenvalue weighted by molar-refractivity contribution is 0.0427. The van der Waals surface area contributed by atoms with Crippen LogP contribution in [0.1, 0.15) is 92.9 Å². The molecule has 0 radical (unpaired) electrons. The predicted octanol–water partition coefficient (Wildman–Crippen LogP) is 10.6. The molecule has 0 N–H and O–H groups in total. The summed E-state index contributed by atoms with van der Waals surface area (Å²) in [6.45, 7) is 20.7. The van der Waals surface area contributed by atoms with Crippen LogP contribution in [-0.4, -0.2) is 18.6 Å². The Bertz CT molecular complexity index is 871. The summed E-state index contributed by atoms with van der Waals surface area (Å²) < 4.78 is 0. The summed E-state index contributed by atoms with van der Waals surface area (Å²) in [4.78, 5) is 3.25. The average molecular weight is 543 g/mol. The van der Waals surface area contributed by atoms with Crippen LogP contribution in [0.15, 0.2) is 22.0 Å². The third-order valence-corrected chi connectivity index (χ3v) is 21.0. The first-order valence-electron chi connectivity index (χ1n) is 15.7. The normalized spacial score (nSPS) is 48.9. The highest BCUT2D eigenvalue weighted by Gasteiger charge is 2.62. The number of allylic oxidation sites excluding steroid dienone is 4. The van der Waals surface area contributed by atoms with E-state index in [1.54, 1.807) is 29.1 Å². The number of thioether (sulfide) groups is 2. The number of hydrogen-bond donors (Lipinski definition) is 0. The molecule has 202 valence electrons. The van der Waals surface area contributed by atoms with Crippen molar-refractivity contribution in [2.75, 3.05) is 0 Å². The van der Waals surface area contributed by atoms with Crippen LogP contribution in [0.25, 0.3) is 0 Å². The van der Waals surface area contributed by atoms with E-state index >= 15 is 0 Å². The Balaban J connectivity index is 1.22. The summed E-state index contributed by atoms with van der Waals surface area (Å²) in [5.74, 6) is 7.78. The predicted molar refractivity (Wildman–Crippen MR) is 165 cm³/mol. The molecule has 9 unspecified atom stereocenters. The van der Waals surface area contributed by atoms with Gasteiger partial charge in [-0.1, -0.05) is 65.8 Å². The molecule has 0 aromatic carbocycles. The highest BCUT2D eigenvalue weighted by Crippen LogP contribution is 2.69. The van der Waals surface area contributed by atoms with Gasteiger partial charge in [-0.3, -0.25) is 0 Å². The molecule has 0 aromatic heterocycles. The fourth-order valence-electron chi connectivity index (χ4n) is 11.1. The summed E-state index contributed by atoms with van der Waals surface area (Å²) in [6, 6.07) is 0. The van der Waals surface area contributed by atoms with E-state index in [0.29, 0.717) is 5.41 Å². The van der Waals surface area contributed by atoms with E-state index in [4.69, 9.17) is 0 Å². The van der Waals surface area contributed by atoms with E-state index in [2.05, 4.69) is 90.3 Å². The molecule has 4 saturated carbocycles. The summed E-state index contributed by atoms with van der Waals surface area (Å²) in [5.41, 5.74) is 2.57. The van der Waals surface area contributed by atoms with Crippen LogP contribution in [0, 0.1) is 52.8 Å². The van der Waals surface area contributed by atoms with Crippen molar-refractivity contribution in [1.29, 1.82) is 0 Å². The molecule has 36 heavy (non-hydrogen) atoms. The van der Waals surface area contributed by atoms with Crippen molar-refractivity contribution in [2.24, 2.45) is 52.8 Å². The van der Waals surface area contributed by atoms with Crippen molar-refractivity contribution in [2.45, 2.75) is 128 Å². The van der Waals surface area contributed by atoms with Gasteiger partial charge in [0.25, 0.3) is 0 Å². The van der Waals surface area contributed by atoms with Gasteiger partial charge in [0.15, 0.2) is 0 Å². The van der Waals surface area contributed by atoms with Gasteiger partial charge in [0.05, 0.1) is 8.07 Å². The van der Waals surface area contributed by atoms with Gasteiger partial charge >= 0.3 is 0 Å². The smallest absolute Gasteiger partial charge is 0.0563 e. The van der Waals surface area contributed by atoms with E-state index in [0.717, 1.165) is 68.9 Å². The molecule has 0 spiro atoms. The van der Waals surface area contributed by atoms with E-state index in [-0.39, 0.29) is 0 Å². The van der Waals surface area contributed by atoms with Crippen LogP contribution in [-0.2, 0) is 0 Å². The lowest BCUT2D eigenvalue weighted by Crippen LogP contribution is -2.48. The van der Waals surface area contributed by atoms with E-state index in [9.17, 15) is 0 Å². The third-order valence-electron chi connectivity index (χ3n) is 12.8. The van der Waals surface area contributed by atoms with Crippen molar-refractivity contribution >= 4 is 31.6 Å². The summed E-state index contributed by atoms with van der Waals surface area (Å²) in [5, 5.41) is 1.78. The van der Waals surface area contributed by atoms with Crippen LogP contribution in [0.4, 0.5) is 0 Å². The second-order valence-electron chi connectivity index (χ2n) is 15.8. The van der Waals surface area contributed by atoms with Crippen LogP contribution >= 0.6 is 23.5 Å². The van der Waals surface area contributed by atoms with Crippen LogP contribution in [0.2, 0.25) is 24.2 Å². The molecular weight excluding hydrogens is 489 g/mol. The van der Waals surface area contributed by atoms with Gasteiger partial charge in [0.1, 0.15) is 0 Å². The number of fused-ring (bicyclic) bond motifs is 4. The minimum atomic E-state index is -1.44. The standard InChI is InChI=1S/C33H54S2Si/c1-19-9-14-24(22-10-12-23(13-11-22)33(4,5)6)25-15-16-28(29(19)25)36(7,8)32-30-26(17-20(2)34-30)27-18-21(3)35-31(27)32/h17-19,22-32H,9-16H2,1-8H3.